The molecule has 2 N–H and O–H groups in total. The number of benzene rings is 1. The highest BCUT2D eigenvalue weighted by Gasteiger charge is 2.08. The van der Waals surface area contributed by atoms with E-state index in [-0.39, 0.29) is 0 Å². The molecule has 2 rings (SSSR count). The molecule has 0 aliphatic heterocycles. The number of hydrogen-bond acceptors (Lipinski definition) is 5. The van der Waals surface area contributed by atoms with Crippen LogP contribution < -0.4 is 5.73 Å². The Kier molecular flexibility index (Phi) is 4.17. The van der Waals surface area contributed by atoms with Gasteiger partial charge in [-0.2, -0.15) is 16.7 Å². The van der Waals surface area contributed by atoms with E-state index in [9.17, 15) is 0 Å². The fraction of sp³-hybridized carbons (Fsp3) is 0.333. The summed E-state index contributed by atoms with van der Waals surface area (Å²) in [6, 6.07) is 8.04. The first kappa shape index (κ1) is 12.1. The Morgan fingerprint density at radius 2 is 2.06 bits per heavy atom. The number of thioether (sulfide) groups is 1. The molecule has 0 amide bonds. The van der Waals surface area contributed by atoms with Crippen molar-refractivity contribution in [3.63, 3.8) is 0 Å². The second kappa shape index (κ2) is 5.84. The van der Waals surface area contributed by atoms with E-state index in [1.54, 1.807) is 11.8 Å². The second-order valence-corrected chi connectivity index (χ2v) is 4.55. The molecule has 1 aromatic carbocycles. The van der Waals surface area contributed by atoms with Gasteiger partial charge in [0.1, 0.15) is 0 Å². The summed E-state index contributed by atoms with van der Waals surface area (Å²) in [5.41, 5.74) is 7.96. The minimum absolute atomic E-state index is 0.530. The van der Waals surface area contributed by atoms with Crippen LogP contribution >= 0.6 is 11.8 Å². The predicted octanol–water partition coefficient (Wildman–Crippen LogP) is 1.98. The van der Waals surface area contributed by atoms with Crippen molar-refractivity contribution in [1.29, 1.82) is 0 Å². The van der Waals surface area contributed by atoms with Gasteiger partial charge in [-0.25, -0.2) is 0 Å². The van der Waals surface area contributed by atoms with Crippen molar-refractivity contribution in [3.05, 3.63) is 47.1 Å². The molecule has 0 bridgehead atoms. The average Bonchev–Trinajstić information content (AvgIpc) is 2.78. The van der Waals surface area contributed by atoms with Gasteiger partial charge in [-0.3, -0.25) is 0 Å². The summed E-state index contributed by atoms with van der Waals surface area (Å²) in [7, 11) is 0. The Labute approximate surface area is 105 Å². The molecule has 0 unspecified atom stereocenters. The topological polar surface area (TPSA) is 64.9 Å². The van der Waals surface area contributed by atoms with Crippen LogP contribution in [-0.2, 0) is 18.7 Å². The van der Waals surface area contributed by atoms with Crippen LogP contribution in [0, 0.1) is 0 Å². The third-order valence-electron chi connectivity index (χ3n) is 2.46. The van der Waals surface area contributed by atoms with Gasteiger partial charge in [0.15, 0.2) is 5.82 Å². The highest BCUT2D eigenvalue weighted by atomic mass is 32.2. The van der Waals surface area contributed by atoms with E-state index < -0.39 is 0 Å². The van der Waals surface area contributed by atoms with Crippen molar-refractivity contribution >= 4 is 11.8 Å². The maximum absolute atomic E-state index is 5.69. The maximum Gasteiger partial charge on any atom is 0.231 e. The molecule has 0 aliphatic rings. The van der Waals surface area contributed by atoms with Crippen molar-refractivity contribution < 1.29 is 4.52 Å². The van der Waals surface area contributed by atoms with Crippen molar-refractivity contribution in [2.75, 3.05) is 6.26 Å². The number of nitrogens with zero attached hydrogens (tertiary/aromatic N) is 2. The van der Waals surface area contributed by atoms with Gasteiger partial charge in [0.05, 0.1) is 12.2 Å². The molecule has 0 aliphatic carbocycles. The lowest BCUT2D eigenvalue weighted by atomic mass is 10.0. The first-order valence-corrected chi connectivity index (χ1v) is 6.80. The van der Waals surface area contributed by atoms with E-state index in [0.29, 0.717) is 18.9 Å². The first-order valence-electron chi connectivity index (χ1n) is 5.40. The largest absolute Gasteiger partial charge is 0.339 e. The molecule has 0 saturated heterocycles. The van der Waals surface area contributed by atoms with Gasteiger partial charge in [-0.15, -0.1) is 0 Å². The van der Waals surface area contributed by atoms with Gasteiger partial charge in [0.2, 0.25) is 5.89 Å². The van der Waals surface area contributed by atoms with E-state index in [1.165, 1.54) is 0 Å². The molecule has 0 fully saturated rings. The minimum Gasteiger partial charge on any atom is -0.339 e. The van der Waals surface area contributed by atoms with Gasteiger partial charge in [0.25, 0.3) is 0 Å². The molecule has 0 spiro atoms. The SMILES string of the molecule is CSCc1noc(Cc2ccccc2CN)n1. The summed E-state index contributed by atoms with van der Waals surface area (Å²) < 4.78 is 5.21. The summed E-state index contributed by atoms with van der Waals surface area (Å²) in [6.07, 6.45) is 2.66. The summed E-state index contributed by atoms with van der Waals surface area (Å²) in [5, 5.41) is 3.92. The lowest BCUT2D eigenvalue weighted by Crippen LogP contribution is -2.02. The van der Waals surface area contributed by atoms with Gasteiger partial charge in [-0.05, 0) is 17.4 Å². The van der Waals surface area contributed by atoms with E-state index in [2.05, 4.69) is 10.1 Å². The lowest BCUT2D eigenvalue weighted by Gasteiger charge is -2.03. The number of rotatable bonds is 5. The highest BCUT2D eigenvalue weighted by Crippen LogP contribution is 2.14. The average molecular weight is 249 g/mol. The minimum atomic E-state index is 0.530. The molecule has 1 aromatic heterocycles. The summed E-state index contributed by atoms with van der Waals surface area (Å²) in [4.78, 5) is 4.33. The van der Waals surface area contributed by atoms with Crippen LogP contribution in [0.5, 0.6) is 0 Å². The van der Waals surface area contributed by atoms with E-state index in [4.69, 9.17) is 10.3 Å². The van der Waals surface area contributed by atoms with Gasteiger partial charge in [0, 0.05) is 6.54 Å². The van der Waals surface area contributed by atoms with Crippen LogP contribution in [0.2, 0.25) is 0 Å². The molecule has 0 atom stereocenters. The van der Waals surface area contributed by atoms with Crippen molar-refractivity contribution in [2.45, 2.75) is 18.7 Å². The normalized spacial score (nSPS) is 10.7. The smallest absolute Gasteiger partial charge is 0.231 e. The Bertz CT molecular complexity index is 484. The van der Waals surface area contributed by atoms with Crippen molar-refractivity contribution in [1.82, 2.24) is 10.1 Å². The third kappa shape index (κ3) is 3.08. The van der Waals surface area contributed by atoms with Crippen LogP contribution in [0.25, 0.3) is 0 Å². The predicted molar refractivity (Wildman–Crippen MR) is 68.7 cm³/mol. The third-order valence-corrected chi connectivity index (χ3v) is 3.01. The van der Waals surface area contributed by atoms with Crippen LogP contribution in [0.4, 0.5) is 0 Å². The van der Waals surface area contributed by atoms with Gasteiger partial charge >= 0.3 is 0 Å². The zero-order valence-corrected chi connectivity index (χ0v) is 10.5. The summed E-state index contributed by atoms with van der Waals surface area (Å²) in [6.45, 7) is 0.530. The highest BCUT2D eigenvalue weighted by molar-refractivity contribution is 7.97. The van der Waals surface area contributed by atoms with Crippen LogP contribution in [0.15, 0.2) is 28.8 Å². The Morgan fingerprint density at radius 3 is 2.76 bits per heavy atom. The van der Waals surface area contributed by atoms with E-state index >= 15 is 0 Å². The molecule has 90 valence electrons. The monoisotopic (exact) mass is 249 g/mol. The molecule has 5 heteroatoms. The van der Waals surface area contributed by atoms with Crippen LogP contribution in [-0.4, -0.2) is 16.4 Å². The standard InChI is InChI=1S/C12H15N3OS/c1-17-8-11-14-12(16-15-11)6-9-4-2-3-5-10(9)7-13/h2-5H,6-8,13H2,1H3. The molecule has 2 aromatic rings. The van der Waals surface area contributed by atoms with E-state index in [0.717, 1.165) is 22.7 Å². The Morgan fingerprint density at radius 1 is 1.29 bits per heavy atom. The van der Waals surface area contributed by atoms with Crippen LogP contribution in [0.3, 0.4) is 0 Å². The van der Waals surface area contributed by atoms with Crippen molar-refractivity contribution in [3.8, 4) is 0 Å². The maximum atomic E-state index is 5.69. The molecular formula is C12H15N3OS. The summed E-state index contributed by atoms with van der Waals surface area (Å²) >= 11 is 1.68. The quantitative estimate of drug-likeness (QED) is 0.877. The zero-order chi connectivity index (χ0) is 12.1. The van der Waals surface area contributed by atoms with E-state index in [1.807, 2.05) is 30.5 Å². The zero-order valence-electron chi connectivity index (χ0n) is 9.72. The summed E-state index contributed by atoms with van der Waals surface area (Å²) in [5.74, 6) is 2.18. The lowest BCUT2D eigenvalue weighted by molar-refractivity contribution is 0.380. The molecular weight excluding hydrogens is 234 g/mol. The molecule has 17 heavy (non-hydrogen) atoms. The van der Waals surface area contributed by atoms with Crippen LogP contribution in [0.1, 0.15) is 22.8 Å². The molecule has 1 heterocycles. The van der Waals surface area contributed by atoms with Crippen molar-refractivity contribution in [2.24, 2.45) is 5.73 Å². The number of aromatic nitrogens is 2. The molecule has 4 nitrogen and oxygen atoms in total. The second-order valence-electron chi connectivity index (χ2n) is 3.69. The first-order chi connectivity index (χ1) is 8.33. The van der Waals surface area contributed by atoms with Gasteiger partial charge < -0.3 is 10.3 Å². The van der Waals surface area contributed by atoms with Gasteiger partial charge in [-0.1, -0.05) is 29.4 Å². The number of nitrogens with two attached hydrogens (primary N) is 1. The fourth-order valence-electron chi connectivity index (χ4n) is 1.64. The number of hydrogen-bond donors (Lipinski definition) is 1. The molecule has 0 radical (unpaired) electrons. The Hall–Kier alpha value is -1.33. The fourth-order valence-corrected chi connectivity index (χ4v) is 2.02. The molecule has 0 saturated carbocycles. The Balaban J connectivity index is 2.13.